The Balaban J connectivity index is 1.77. The zero-order chi connectivity index (χ0) is 17.8. The van der Waals surface area contributed by atoms with Crippen molar-refractivity contribution < 1.29 is 13.9 Å². The highest BCUT2D eigenvalue weighted by molar-refractivity contribution is 6.33. The van der Waals surface area contributed by atoms with E-state index in [4.69, 9.17) is 20.8 Å². The smallest absolute Gasteiger partial charge is 0.230 e. The summed E-state index contributed by atoms with van der Waals surface area (Å²) in [5.41, 5.74) is 1.88. The maximum Gasteiger partial charge on any atom is 0.230 e. The number of hydrogen-bond acceptors (Lipinski definition) is 4. The number of aromatic nitrogens is 1. The summed E-state index contributed by atoms with van der Waals surface area (Å²) in [6, 6.07) is 14.5. The highest BCUT2D eigenvalue weighted by atomic mass is 35.5. The van der Waals surface area contributed by atoms with Gasteiger partial charge >= 0.3 is 0 Å². The third-order valence-corrected chi connectivity index (χ3v) is 4.04. The Hall–Kier alpha value is -2.79. The van der Waals surface area contributed by atoms with E-state index >= 15 is 0 Å². The Kier molecular flexibility index (Phi) is 5.05. The SMILES string of the molecule is COc1ccccc1NC(=O)Cc1nc(-c2ccccc2Cl)oc1C. The molecule has 0 spiro atoms. The predicted octanol–water partition coefficient (Wildman–Crippen LogP) is 4.49. The number of anilines is 1. The molecule has 2 aromatic carbocycles. The van der Waals surface area contributed by atoms with Crippen LogP contribution in [0, 0.1) is 6.92 Å². The molecule has 0 fully saturated rings. The van der Waals surface area contributed by atoms with Crippen molar-refractivity contribution in [2.45, 2.75) is 13.3 Å². The number of aryl methyl sites for hydroxylation is 1. The molecule has 1 N–H and O–H groups in total. The van der Waals surface area contributed by atoms with Crippen molar-refractivity contribution in [2.75, 3.05) is 12.4 Å². The first-order chi connectivity index (χ1) is 12.1. The van der Waals surface area contributed by atoms with Crippen molar-refractivity contribution >= 4 is 23.2 Å². The van der Waals surface area contributed by atoms with Crippen LogP contribution in [-0.4, -0.2) is 18.0 Å². The van der Waals surface area contributed by atoms with E-state index in [0.717, 1.165) is 0 Å². The zero-order valence-corrected chi connectivity index (χ0v) is 14.6. The minimum Gasteiger partial charge on any atom is -0.495 e. The Morgan fingerprint density at radius 3 is 2.68 bits per heavy atom. The summed E-state index contributed by atoms with van der Waals surface area (Å²) in [5.74, 6) is 1.39. The fourth-order valence-electron chi connectivity index (χ4n) is 2.44. The second-order valence-corrected chi connectivity index (χ2v) is 5.83. The lowest BCUT2D eigenvalue weighted by molar-refractivity contribution is -0.115. The number of ether oxygens (including phenoxy) is 1. The van der Waals surface area contributed by atoms with Gasteiger partial charge in [-0.3, -0.25) is 4.79 Å². The standard InChI is InChI=1S/C19H17ClN2O3/c1-12-16(22-19(25-12)13-7-3-4-8-14(13)20)11-18(23)21-15-9-5-6-10-17(15)24-2/h3-10H,11H2,1-2H3,(H,21,23). The Labute approximate surface area is 150 Å². The number of hydrogen-bond donors (Lipinski definition) is 1. The number of nitrogens with one attached hydrogen (secondary N) is 1. The number of nitrogens with zero attached hydrogens (tertiary/aromatic N) is 1. The van der Waals surface area contributed by atoms with Gasteiger partial charge in [0, 0.05) is 0 Å². The van der Waals surface area contributed by atoms with Crippen LogP contribution in [-0.2, 0) is 11.2 Å². The van der Waals surface area contributed by atoms with E-state index in [0.29, 0.717) is 39.4 Å². The van der Waals surface area contributed by atoms with Gasteiger partial charge in [0.1, 0.15) is 11.5 Å². The number of halogens is 1. The lowest BCUT2D eigenvalue weighted by Gasteiger charge is -2.09. The number of oxazole rings is 1. The second kappa shape index (κ2) is 7.40. The van der Waals surface area contributed by atoms with Gasteiger partial charge in [-0.25, -0.2) is 4.98 Å². The van der Waals surface area contributed by atoms with E-state index in [1.165, 1.54) is 0 Å². The van der Waals surface area contributed by atoms with Gasteiger partial charge in [0.15, 0.2) is 0 Å². The topological polar surface area (TPSA) is 64.4 Å². The third kappa shape index (κ3) is 3.83. The van der Waals surface area contributed by atoms with Gasteiger partial charge in [-0.2, -0.15) is 0 Å². The molecule has 5 nitrogen and oxygen atoms in total. The Morgan fingerprint density at radius 2 is 1.92 bits per heavy atom. The van der Waals surface area contributed by atoms with Crippen molar-refractivity contribution in [3.05, 3.63) is 65.0 Å². The number of amides is 1. The number of para-hydroxylation sites is 2. The van der Waals surface area contributed by atoms with Gasteiger partial charge in [-0.1, -0.05) is 35.9 Å². The number of methoxy groups -OCH3 is 1. The molecule has 0 saturated heterocycles. The zero-order valence-electron chi connectivity index (χ0n) is 13.9. The number of rotatable bonds is 5. The molecule has 0 atom stereocenters. The second-order valence-electron chi connectivity index (χ2n) is 5.43. The monoisotopic (exact) mass is 356 g/mol. The molecule has 0 radical (unpaired) electrons. The minimum atomic E-state index is -0.202. The van der Waals surface area contributed by atoms with Crippen molar-refractivity contribution in [2.24, 2.45) is 0 Å². The summed E-state index contributed by atoms with van der Waals surface area (Å²) in [7, 11) is 1.56. The maximum atomic E-state index is 12.3. The highest BCUT2D eigenvalue weighted by Crippen LogP contribution is 2.29. The summed E-state index contributed by atoms with van der Waals surface area (Å²) < 4.78 is 10.9. The molecule has 3 aromatic rings. The summed E-state index contributed by atoms with van der Waals surface area (Å²) in [4.78, 5) is 16.8. The molecule has 0 aliphatic rings. The minimum absolute atomic E-state index is 0.0951. The molecule has 0 aliphatic heterocycles. The molecule has 0 aliphatic carbocycles. The average Bonchev–Trinajstić information content (AvgIpc) is 2.96. The molecule has 0 unspecified atom stereocenters. The molecule has 25 heavy (non-hydrogen) atoms. The van der Waals surface area contributed by atoms with Gasteiger partial charge in [0.25, 0.3) is 0 Å². The fourth-order valence-corrected chi connectivity index (χ4v) is 2.65. The molecule has 128 valence electrons. The fraction of sp³-hybridized carbons (Fsp3) is 0.158. The molecule has 0 saturated carbocycles. The quantitative estimate of drug-likeness (QED) is 0.731. The Bertz CT molecular complexity index is 905. The van der Waals surface area contributed by atoms with Crippen LogP contribution in [0.5, 0.6) is 5.75 Å². The van der Waals surface area contributed by atoms with Crippen LogP contribution in [0.2, 0.25) is 5.02 Å². The van der Waals surface area contributed by atoms with E-state index < -0.39 is 0 Å². The van der Waals surface area contributed by atoms with E-state index in [2.05, 4.69) is 10.3 Å². The van der Waals surface area contributed by atoms with Gasteiger partial charge in [-0.15, -0.1) is 0 Å². The van der Waals surface area contributed by atoms with Crippen molar-refractivity contribution in [1.82, 2.24) is 4.98 Å². The van der Waals surface area contributed by atoms with E-state index in [1.807, 2.05) is 30.3 Å². The Morgan fingerprint density at radius 1 is 1.20 bits per heavy atom. The molecule has 0 bridgehead atoms. The van der Waals surface area contributed by atoms with Crippen LogP contribution in [0.15, 0.2) is 52.9 Å². The van der Waals surface area contributed by atoms with Gasteiger partial charge < -0.3 is 14.5 Å². The first kappa shape index (κ1) is 17.0. The third-order valence-electron chi connectivity index (χ3n) is 3.71. The molecular weight excluding hydrogens is 340 g/mol. The molecular formula is C19H17ClN2O3. The lowest BCUT2D eigenvalue weighted by Crippen LogP contribution is -2.15. The first-order valence-corrected chi connectivity index (χ1v) is 8.10. The van der Waals surface area contributed by atoms with Crippen LogP contribution in [0.3, 0.4) is 0 Å². The lowest BCUT2D eigenvalue weighted by atomic mass is 10.2. The van der Waals surface area contributed by atoms with Gasteiger partial charge in [-0.05, 0) is 31.2 Å². The molecule has 1 heterocycles. The van der Waals surface area contributed by atoms with E-state index in [9.17, 15) is 4.79 Å². The summed E-state index contributed by atoms with van der Waals surface area (Å²) in [6.07, 6.45) is 0.0951. The van der Waals surface area contributed by atoms with Crippen molar-refractivity contribution in [3.63, 3.8) is 0 Å². The number of benzene rings is 2. The van der Waals surface area contributed by atoms with Crippen LogP contribution in [0.1, 0.15) is 11.5 Å². The maximum absolute atomic E-state index is 12.3. The van der Waals surface area contributed by atoms with Crippen molar-refractivity contribution in [1.29, 1.82) is 0 Å². The van der Waals surface area contributed by atoms with E-state index in [1.54, 1.807) is 32.2 Å². The van der Waals surface area contributed by atoms with Crippen molar-refractivity contribution in [3.8, 4) is 17.2 Å². The summed E-state index contributed by atoms with van der Waals surface area (Å²) >= 11 is 6.17. The number of carbonyl (C=O) groups is 1. The molecule has 6 heteroatoms. The van der Waals surface area contributed by atoms with Crippen LogP contribution >= 0.6 is 11.6 Å². The van der Waals surface area contributed by atoms with Crippen LogP contribution < -0.4 is 10.1 Å². The van der Waals surface area contributed by atoms with Gasteiger partial charge in [0.05, 0.1) is 35.5 Å². The predicted molar refractivity (Wildman–Crippen MR) is 97.0 cm³/mol. The average molecular weight is 357 g/mol. The molecule has 1 amide bonds. The van der Waals surface area contributed by atoms with E-state index in [-0.39, 0.29) is 12.3 Å². The van der Waals surface area contributed by atoms with Crippen LogP contribution in [0.4, 0.5) is 5.69 Å². The molecule has 3 rings (SSSR count). The molecule has 1 aromatic heterocycles. The first-order valence-electron chi connectivity index (χ1n) is 7.72. The number of carbonyl (C=O) groups excluding carboxylic acids is 1. The summed E-state index contributed by atoms with van der Waals surface area (Å²) in [6.45, 7) is 1.78. The largest absolute Gasteiger partial charge is 0.495 e. The normalized spacial score (nSPS) is 10.5. The van der Waals surface area contributed by atoms with Crippen LogP contribution in [0.25, 0.3) is 11.5 Å². The van der Waals surface area contributed by atoms with Gasteiger partial charge in [0.2, 0.25) is 11.8 Å². The summed E-state index contributed by atoms with van der Waals surface area (Å²) in [5, 5.41) is 3.38. The highest BCUT2D eigenvalue weighted by Gasteiger charge is 2.17.